The maximum atomic E-state index is 12.9. The van der Waals surface area contributed by atoms with E-state index < -0.39 is 11.8 Å². The van der Waals surface area contributed by atoms with Crippen LogP contribution in [0.4, 0.5) is 4.39 Å². The highest BCUT2D eigenvalue weighted by molar-refractivity contribution is 5.93. The fraction of sp³-hybridized carbons (Fsp3) is 0.0909. The zero-order valence-electron chi connectivity index (χ0n) is 7.99. The van der Waals surface area contributed by atoms with Crippen molar-refractivity contribution < 1.29 is 14.3 Å². The van der Waals surface area contributed by atoms with Crippen LogP contribution in [0.25, 0.3) is 10.9 Å². The summed E-state index contributed by atoms with van der Waals surface area (Å²) < 4.78 is 12.9. The van der Waals surface area contributed by atoms with Crippen LogP contribution in [0.5, 0.6) is 0 Å². The van der Waals surface area contributed by atoms with Crippen LogP contribution >= 0.6 is 0 Å². The summed E-state index contributed by atoms with van der Waals surface area (Å²) in [4.78, 5) is 14.9. The van der Waals surface area contributed by atoms with Crippen molar-refractivity contribution in [1.82, 2.24) is 4.98 Å². The van der Waals surface area contributed by atoms with Gasteiger partial charge in [-0.2, -0.15) is 0 Å². The van der Waals surface area contributed by atoms with Crippen LogP contribution in [-0.2, 0) is 0 Å². The molecule has 0 atom stereocenters. The fourth-order valence-corrected chi connectivity index (χ4v) is 1.46. The Morgan fingerprint density at radius 3 is 2.80 bits per heavy atom. The molecule has 2 rings (SSSR count). The van der Waals surface area contributed by atoms with Crippen LogP contribution in [0.15, 0.2) is 24.3 Å². The quantitative estimate of drug-likeness (QED) is 0.777. The van der Waals surface area contributed by atoms with Crippen molar-refractivity contribution in [3.05, 3.63) is 41.3 Å². The third-order valence-electron chi connectivity index (χ3n) is 2.20. The highest BCUT2D eigenvalue weighted by Gasteiger charge is 2.09. The first-order valence-corrected chi connectivity index (χ1v) is 4.38. The molecule has 0 amide bonds. The number of pyridine rings is 1. The lowest BCUT2D eigenvalue weighted by Gasteiger charge is -2.03. The Morgan fingerprint density at radius 1 is 1.40 bits per heavy atom. The number of carboxylic acids is 1. The Morgan fingerprint density at radius 2 is 2.13 bits per heavy atom. The first-order valence-electron chi connectivity index (χ1n) is 4.38. The Hall–Kier alpha value is -1.97. The third-order valence-corrected chi connectivity index (χ3v) is 2.20. The molecule has 0 saturated heterocycles. The predicted octanol–water partition coefficient (Wildman–Crippen LogP) is 2.38. The highest BCUT2D eigenvalue weighted by Crippen LogP contribution is 2.17. The fourth-order valence-electron chi connectivity index (χ4n) is 1.46. The van der Waals surface area contributed by atoms with E-state index in [4.69, 9.17) is 5.11 Å². The van der Waals surface area contributed by atoms with Crippen molar-refractivity contribution in [2.75, 3.05) is 0 Å². The van der Waals surface area contributed by atoms with E-state index in [1.165, 1.54) is 24.3 Å². The standard InChI is InChI=1S/C11H8FNO2/c1-6-9(11(14)15)5-7-4-8(12)2-3-10(7)13-6/h2-5H,1H3,(H,14,15). The molecule has 1 aromatic carbocycles. The molecule has 1 N–H and O–H groups in total. The summed E-state index contributed by atoms with van der Waals surface area (Å²) in [5.74, 6) is -1.45. The van der Waals surface area contributed by atoms with Crippen LogP contribution < -0.4 is 0 Å². The minimum absolute atomic E-state index is 0.105. The summed E-state index contributed by atoms with van der Waals surface area (Å²) in [6.45, 7) is 1.62. The van der Waals surface area contributed by atoms with Crippen LogP contribution in [0.3, 0.4) is 0 Å². The van der Waals surface area contributed by atoms with Crippen LogP contribution in [0.1, 0.15) is 16.1 Å². The molecule has 0 saturated carbocycles. The van der Waals surface area contributed by atoms with Crippen LogP contribution in [0, 0.1) is 12.7 Å². The number of fused-ring (bicyclic) bond motifs is 1. The monoisotopic (exact) mass is 205 g/mol. The van der Waals surface area contributed by atoms with Crippen molar-refractivity contribution >= 4 is 16.9 Å². The van der Waals surface area contributed by atoms with Gasteiger partial charge in [0.2, 0.25) is 0 Å². The number of aromatic nitrogens is 1. The lowest BCUT2D eigenvalue weighted by Crippen LogP contribution is -2.01. The van der Waals surface area contributed by atoms with E-state index in [1.54, 1.807) is 6.92 Å². The topological polar surface area (TPSA) is 50.2 Å². The second kappa shape index (κ2) is 3.31. The average molecular weight is 205 g/mol. The maximum absolute atomic E-state index is 12.9. The van der Waals surface area contributed by atoms with Gasteiger partial charge in [-0.05, 0) is 31.2 Å². The van der Waals surface area contributed by atoms with E-state index in [9.17, 15) is 9.18 Å². The van der Waals surface area contributed by atoms with Gasteiger partial charge in [0.15, 0.2) is 0 Å². The van der Waals surface area contributed by atoms with Gasteiger partial charge in [-0.25, -0.2) is 9.18 Å². The van der Waals surface area contributed by atoms with Gasteiger partial charge in [-0.15, -0.1) is 0 Å². The van der Waals surface area contributed by atoms with Gasteiger partial charge >= 0.3 is 5.97 Å². The third kappa shape index (κ3) is 1.66. The lowest BCUT2D eigenvalue weighted by atomic mass is 10.1. The van der Waals surface area contributed by atoms with Gasteiger partial charge in [-0.3, -0.25) is 4.98 Å². The smallest absolute Gasteiger partial charge is 0.337 e. The van der Waals surface area contributed by atoms with Crippen LogP contribution in [-0.4, -0.2) is 16.1 Å². The van der Waals surface area contributed by atoms with Gasteiger partial charge in [0.05, 0.1) is 16.8 Å². The van der Waals surface area contributed by atoms with Gasteiger partial charge in [0.25, 0.3) is 0 Å². The summed E-state index contributed by atoms with van der Waals surface area (Å²) in [5.41, 5.74) is 1.13. The number of halogens is 1. The molecule has 0 unspecified atom stereocenters. The summed E-state index contributed by atoms with van der Waals surface area (Å²) in [5, 5.41) is 9.36. The molecule has 0 aliphatic carbocycles. The summed E-state index contributed by atoms with van der Waals surface area (Å²) in [7, 11) is 0. The number of carboxylic acid groups (broad SMARTS) is 1. The Bertz CT molecular complexity index is 552. The zero-order valence-corrected chi connectivity index (χ0v) is 7.99. The molecule has 0 radical (unpaired) electrons. The Labute approximate surface area is 85.2 Å². The molecule has 4 heteroatoms. The van der Waals surface area contributed by atoms with E-state index in [0.717, 1.165) is 0 Å². The normalized spacial score (nSPS) is 10.5. The Balaban J connectivity index is 2.77. The molecule has 0 aliphatic heterocycles. The molecule has 0 bridgehead atoms. The molecule has 0 fully saturated rings. The summed E-state index contributed by atoms with van der Waals surface area (Å²) >= 11 is 0. The van der Waals surface area contributed by atoms with Crippen molar-refractivity contribution in [3.63, 3.8) is 0 Å². The number of rotatable bonds is 1. The first kappa shape index (κ1) is 9.58. The van der Waals surface area contributed by atoms with Gasteiger partial charge < -0.3 is 5.11 Å². The SMILES string of the molecule is Cc1nc2ccc(F)cc2cc1C(=O)O. The molecule has 2 aromatic rings. The number of aromatic carboxylic acids is 1. The van der Waals surface area contributed by atoms with Crippen molar-refractivity contribution in [3.8, 4) is 0 Å². The van der Waals surface area contributed by atoms with E-state index in [0.29, 0.717) is 16.6 Å². The van der Waals surface area contributed by atoms with E-state index >= 15 is 0 Å². The highest BCUT2D eigenvalue weighted by atomic mass is 19.1. The molecular formula is C11H8FNO2. The van der Waals surface area contributed by atoms with Gasteiger partial charge in [-0.1, -0.05) is 0 Å². The molecule has 1 heterocycles. The molecule has 0 spiro atoms. The summed E-state index contributed by atoms with van der Waals surface area (Å²) in [6.07, 6.45) is 0. The molecule has 76 valence electrons. The molecule has 3 nitrogen and oxygen atoms in total. The van der Waals surface area contributed by atoms with Gasteiger partial charge in [0, 0.05) is 5.39 Å². The predicted molar refractivity (Wildman–Crippen MR) is 53.4 cm³/mol. The molecule has 15 heavy (non-hydrogen) atoms. The van der Waals surface area contributed by atoms with Crippen molar-refractivity contribution in [2.45, 2.75) is 6.92 Å². The summed E-state index contributed by atoms with van der Waals surface area (Å²) in [6, 6.07) is 5.54. The largest absolute Gasteiger partial charge is 0.478 e. The second-order valence-corrected chi connectivity index (χ2v) is 3.26. The minimum atomic E-state index is -1.05. The average Bonchev–Trinajstić information content (AvgIpc) is 2.17. The number of hydrogen-bond acceptors (Lipinski definition) is 2. The zero-order chi connectivity index (χ0) is 11.0. The number of aryl methyl sites for hydroxylation is 1. The number of benzene rings is 1. The van der Waals surface area contributed by atoms with Crippen molar-refractivity contribution in [2.24, 2.45) is 0 Å². The number of carbonyl (C=O) groups is 1. The Kier molecular flexibility index (Phi) is 2.11. The maximum Gasteiger partial charge on any atom is 0.337 e. The first-order chi connectivity index (χ1) is 7.08. The minimum Gasteiger partial charge on any atom is -0.478 e. The number of hydrogen-bond donors (Lipinski definition) is 1. The second-order valence-electron chi connectivity index (χ2n) is 3.26. The van der Waals surface area contributed by atoms with Crippen molar-refractivity contribution in [1.29, 1.82) is 0 Å². The van der Waals surface area contributed by atoms with Gasteiger partial charge in [0.1, 0.15) is 5.82 Å². The molecule has 1 aromatic heterocycles. The number of nitrogens with zero attached hydrogens (tertiary/aromatic N) is 1. The van der Waals surface area contributed by atoms with E-state index in [2.05, 4.69) is 4.98 Å². The van der Waals surface area contributed by atoms with Crippen LogP contribution in [0.2, 0.25) is 0 Å². The lowest BCUT2D eigenvalue weighted by molar-refractivity contribution is 0.0696. The van der Waals surface area contributed by atoms with E-state index in [1.807, 2.05) is 0 Å². The van der Waals surface area contributed by atoms with E-state index in [-0.39, 0.29) is 5.56 Å². The molecular weight excluding hydrogens is 197 g/mol. The molecule has 0 aliphatic rings.